The Morgan fingerprint density at radius 3 is 2.41 bits per heavy atom. The smallest absolute Gasteiger partial charge is 0.389 e. The number of aliphatic hydroxyl groups excluding tert-OH is 1. The van der Waals surface area contributed by atoms with Crippen molar-refractivity contribution in [3.8, 4) is 0 Å². The second-order valence-corrected chi connectivity index (χ2v) is 4.03. The molecule has 1 unspecified atom stereocenters. The molecular formula is C11H22F3NO2. The predicted molar refractivity (Wildman–Crippen MR) is 59.9 cm³/mol. The zero-order valence-corrected chi connectivity index (χ0v) is 10.5. The highest BCUT2D eigenvalue weighted by Gasteiger charge is 2.30. The fraction of sp³-hybridized carbons (Fsp3) is 1.00. The Kier molecular flexibility index (Phi) is 8.55. The molecule has 0 aliphatic heterocycles. The summed E-state index contributed by atoms with van der Waals surface area (Å²) in [4.78, 5) is 1.16. The van der Waals surface area contributed by atoms with Crippen molar-refractivity contribution in [1.82, 2.24) is 4.90 Å². The predicted octanol–water partition coefficient (Wildman–Crippen LogP) is 2.05. The molecule has 17 heavy (non-hydrogen) atoms. The third kappa shape index (κ3) is 10.5. The first kappa shape index (κ1) is 16.7. The number of ether oxygens (including phenoxy) is 1. The largest absolute Gasteiger partial charge is 0.401 e. The van der Waals surface area contributed by atoms with Gasteiger partial charge in [-0.2, -0.15) is 13.2 Å². The number of likely N-dealkylation sites (N-methyl/N-ethyl adjacent to an activating group) is 1. The van der Waals surface area contributed by atoms with Gasteiger partial charge in [0.15, 0.2) is 0 Å². The standard InChI is InChI=1S/C11H22F3NO2/c1-3-5-6-17-8-10(16)7-15(4-2)9-11(12,13)14/h10,16H,3-9H2,1-2H3. The molecule has 0 heterocycles. The van der Waals surface area contributed by atoms with Crippen molar-refractivity contribution in [2.75, 3.05) is 32.8 Å². The maximum absolute atomic E-state index is 12.1. The van der Waals surface area contributed by atoms with Gasteiger partial charge in [-0.25, -0.2) is 0 Å². The minimum Gasteiger partial charge on any atom is -0.389 e. The molecule has 0 aromatic heterocycles. The Morgan fingerprint density at radius 2 is 1.94 bits per heavy atom. The Hall–Kier alpha value is -0.330. The molecule has 0 saturated carbocycles. The molecule has 0 aliphatic carbocycles. The molecule has 3 nitrogen and oxygen atoms in total. The lowest BCUT2D eigenvalue weighted by Gasteiger charge is -2.24. The summed E-state index contributed by atoms with van der Waals surface area (Å²) in [6, 6.07) is 0. The number of rotatable bonds is 9. The van der Waals surface area contributed by atoms with E-state index < -0.39 is 18.8 Å². The molecule has 6 heteroatoms. The Bertz CT molecular complexity index is 188. The van der Waals surface area contributed by atoms with Gasteiger partial charge in [0.05, 0.1) is 19.3 Å². The van der Waals surface area contributed by atoms with Crippen LogP contribution < -0.4 is 0 Å². The van der Waals surface area contributed by atoms with Gasteiger partial charge in [0.25, 0.3) is 0 Å². The van der Waals surface area contributed by atoms with E-state index in [0.717, 1.165) is 17.7 Å². The van der Waals surface area contributed by atoms with Crippen molar-refractivity contribution >= 4 is 0 Å². The van der Waals surface area contributed by atoms with Gasteiger partial charge in [-0.1, -0.05) is 20.3 Å². The van der Waals surface area contributed by atoms with Crippen LogP contribution in [-0.2, 0) is 4.74 Å². The molecule has 1 atom stereocenters. The zero-order valence-electron chi connectivity index (χ0n) is 10.5. The summed E-state index contributed by atoms with van der Waals surface area (Å²) in [6.45, 7) is 3.54. The van der Waals surface area contributed by atoms with Crippen molar-refractivity contribution in [2.24, 2.45) is 0 Å². The fourth-order valence-electron chi connectivity index (χ4n) is 1.38. The van der Waals surface area contributed by atoms with Crippen LogP contribution in [0.3, 0.4) is 0 Å². The van der Waals surface area contributed by atoms with Crippen molar-refractivity contribution in [2.45, 2.75) is 39.0 Å². The quantitative estimate of drug-likeness (QED) is 0.642. The molecule has 0 spiro atoms. The van der Waals surface area contributed by atoms with Crippen LogP contribution >= 0.6 is 0 Å². The lowest BCUT2D eigenvalue weighted by molar-refractivity contribution is -0.149. The molecule has 104 valence electrons. The summed E-state index contributed by atoms with van der Waals surface area (Å²) >= 11 is 0. The topological polar surface area (TPSA) is 32.7 Å². The molecule has 0 rings (SSSR count). The molecule has 0 aromatic carbocycles. The van der Waals surface area contributed by atoms with Gasteiger partial charge in [0, 0.05) is 13.2 Å². The van der Waals surface area contributed by atoms with E-state index in [9.17, 15) is 18.3 Å². The Morgan fingerprint density at radius 1 is 1.29 bits per heavy atom. The number of nitrogens with zero attached hydrogens (tertiary/aromatic N) is 1. The Labute approximate surface area is 101 Å². The number of alkyl halides is 3. The number of hydrogen-bond acceptors (Lipinski definition) is 3. The monoisotopic (exact) mass is 257 g/mol. The number of halogens is 3. The lowest BCUT2D eigenvalue weighted by atomic mass is 10.3. The average Bonchev–Trinajstić information content (AvgIpc) is 2.21. The highest BCUT2D eigenvalue weighted by molar-refractivity contribution is 4.66. The van der Waals surface area contributed by atoms with Crippen molar-refractivity contribution < 1.29 is 23.0 Å². The SMILES string of the molecule is CCCCOCC(O)CN(CC)CC(F)(F)F. The summed E-state index contributed by atoms with van der Waals surface area (Å²) in [5.74, 6) is 0. The van der Waals surface area contributed by atoms with Crippen LogP contribution in [0.5, 0.6) is 0 Å². The normalized spacial score (nSPS) is 14.3. The summed E-state index contributed by atoms with van der Waals surface area (Å²) in [7, 11) is 0. The number of unbranched alkanes of at least 4 members (excludes halogenated alkanes) is 1. The van der Waals surface area contributed by atoms with Gasteiger partial charge in [-0.05, 0) is 13.0 Å². The van der Waals surface area contributed by atoms with E-state index in [0.29, 0.717) is 6.61 Å². The summed E-state index contributed by atoms with van der Waals surface area (Å²) in [5.41, 5.74) is 0. The molecular weight excluding hydrogens is 235 g/mol. The first-order chi connectivity index (χ1) is 7.89. The van der Waals surface area contributed by atoms with E-state index in [1.165, 1.54) is 0 Å². The fourth-order valence-corrected chi connectivity index (χ4v) is 1.38. The van der Waals surface area contributed by atoms with Crippen LogP contribution in [0.4, 0.5) is 13.2 Å². The molecule has 0 radical (unpaired) electrons. The average molecular weight is 257 g/mol. The van der Waals surface area contributed by atoms with Gasteiger partial charge < -0.3 is 9.84 Å². The van der Waals surface area contributed by atoms with Crippen molar-refractivity contribution in [3.63, 3.8) is 0 Å². The molecule has 0 aromatic rings. The number of hydrogen-bond donors (Lipinski definition) is 1. The second kappa shape index (κ2) is 8.72. The van der Waals surface area contributed by atoms with Crippen LogP contribution in [0, 0.1) is 0 Å². The first-order valence-electron chi connectivity index (χ1n) is 5.94. The minimum absolute atomic E-state index is 0.0118. The zero-order chi connectivity index (χ0) is 13.3. The highest BCUT2D eigenvalue weighted by atomic mass is 19.4. The van der Waals surface area contributed by atoms with E-state index in [4.69, 9.17) is 4.74 Å². The lowest BCUT2D eigenvalue weighted by Crippen LogP contribution is -2.40. The van der Waals surface area contributed by atoms with E-state index in [1.807, 2.05) is 6.92 Å². The van der Waals surface area contributed by atoms with E-state index >= 15 is 0 Å². The van der Waals surface area contributed by atoms with Gasteiger partial charge in [0.2, 0.25) is 0 Å². The number of aliphatic hydroxyl groups is 1. The molecule has 0 amide bonds. The van der Waals surface area contributed by atoms with Gasteiger partial charge in [0.1, 0.15) is 0 Å². The maximum Gasteiger partial charge on any atom is 0.401 e. The van der Waals surface area contributed by atoms with Crippen LogP contribution in [0.2, 0.25) is 0 Å². The van der Waals surface area contributed by atoms with Crippen LogP contribution in [0.25, 0.3) is 0 Å². The minimum atomic E-state index is -4.22. The van der Waals surface area contributed by atoms with Crippen LogP contribution in [0.1, 0.15) is 26.7 Å². The molecule has 0 aliphatic rings. The van der Waals surface area contributed by atoms with E-state index in [-0.39, 0.29) is 19.7 Å². The molecule has 0 saturated heterocycles. The molecule has 1 N–H and O–H groups in total. The van der Waals surface area contributed by atoms with E-state index in [1.54, 1.807) is 6.92 Å². The third-order valence-electron chi connectivity index (χ3n) is 2.27. The van der Waals surface area contributed by atoms with Gasteiger partial charge in [-0.3, -0.25) is 4.90 Å². The molecule has 0 bridgehead atoms. The summed E-state index contributed by atoms with van der Waals surface area (Å²) < 4.78 is 41.6. The molecule has 0 fully saturated rings. The summed E-state index contributed by atoms with van der Waals surface area (Å²) in [6.07, 6.45) is -3.20. The second-order valence-electron chi connectivity index (χ2n) is 4.03. The maximum atomic E-state index is 12.1. The third-order valence-corrected chi connectivity index (χ3v) is 2.27. The Balaban J connectivity index is 3.78. The van der Waals surface area contributed by atoms with Gasteiger partial charge >= 0.3 is 6.18 Å². The first-order valence-corrected chi connectivity index (χ1v) is 5.94. The van der Waals surface area contributed by atoms with Crippen LogP contribution in [-0.4, -0.2) is 55.1 Å². The van der Waals surface area contributed by atoms with Crippen LogP contribution in [0.15, 0.2) is 0 Å². The van der Waals surface area contributed by atoms with Crippen molar-refractivity contribution in [3.05, 3.63) is 0 Å². The van der Waals surface area contributed by atoms with Crippen molar-refractivity contribution in [1.29, 1.82) is 0 Å². The van der Waals surface area contributed by atoms with Gasteiger partial charge in [-0.15, -0.1) is 0 Å². The highest BCUT2D eigenvalue weighted by Crippen LogP contribution is 2.16. The summed E-state index contributed by atoms with van der Waals surface area (Å²) in [5, 5.41) is 9.51. The van der Waals surface area contributed by atoms with E-state index in [2.05, 4.69) is 0 Å².